The summed E-state index contributed by atoms with van der Waals surface area (Å²) in [6.07, 6.45) is 1.38. The maximum absolute atomic E-state index is 12.9. The molecule has 0 bridgehead atoms. The first-order chi connectivity index (χ1) is 13.1. The largest absolute Gasteiger partial charge is 0.454 e. The molecule has 3 aromatic rings. The minimum Gasteiger partial charge on any atom is -0.454 e. The van der Waals surface area contributed by atoms with Crippen molar-refractivity contribution in [2.45, 2.75) is 39.3 Å². The zero-order chi connectivity index (χ0) is 19.4. The topological polar surface area (TPSA) is 89.2 Å². The van der Waals surface area contributed by atoms with Crippen LogP contribution in [0.25, 0.3) is 11.0 Å². The molecule has 0 aliphatic rings. The van der Waals surface area contributed by atoms with Crippen LogP contribution in [0, 0.1) is 0 Å². The fourth-order valence-electron chi connectivity index (χ4n) is 3.19. The highest BCUT2D eigenvalue weighted by molar-refractivity contribution is 5.91. The number of imidazole rings is 1. The Bertz CT molecular complexity index is 957. The van der Waals surface area contributed by atoms with Crippen molar-refractivity contribution >= 4 is 22.8 Å². The highest BCUT2D eigenvalue weighted by atomic mass is 16.4. The second kappa shape index (κ2) is 8.07. The Morgan fingerprint density at radius 2 is 1.96 bits per heavy atom. The van der Waals surface area contributed by atoms with E-state index in [0.29, 0.717) is 12.2 Å². The van der Waals surface area contributed by atoms with E-state index in [1.54, 1.807) is 19.2 Å². The van der Waals surface area contributed by atoms with Crippen LogP contribution in [-0.2, 0) is 17.8 Å². The summed E-state index contributed by atoms with van der Waals surface area (Å²) in [5.74, 6) is 1.24. The van der Waals surface area contributed by atoms with E-state index in [-0.39, 0.29) is 30.2 Å². The number of furan rings is 1. The van der Waals surface area contributed by atoms with Gasteiger partial charge >= 0.3 is 0 Å². The lowest BCUT2D eigenvalue weighted by Gasteiger charge is -2.19. The Balaban J connectivity index is 1.79. The standard InChI is InChI=1S/C20H24N4O3/c1-4-15(24-16-9-7-6-8-14(16)23-18(24)5-2)19(25)22-12-13-10-11-17(27-13)20(26)21-3/h6-11,15H,4-5,12H2,1-3H3,(H,21,26)(H,22,25)/t15-/m1/s1. The van der Waals surface area contributed by atoms with E-state index >= 15 is 0 Å². The van der Waals surface area contributed by atoms with Gasteiger partial charge in [0.05, 0.1) is 17.6 Å². The monoisotopic (exact) mass is 368 g/mol. The van der Waals surface area contributed by atoms with Gasteiger partial charge in [0.1, 0.15) is 17.6 Å². The summed E-state index contributed by atoms with van der Waals surface area (Å²) < 4.78 is 7.48. The lowest BCUT2D eigenvalue weighted by atomic mass is 10.2. The zero-order valence-electron chi connectivity index (χ0n) is 15.8. The number of hydrogen-bond acceptors (Lipinski definition) is 4. The van der Waals surface area contributed by atoms with Crippen LogP contribution in [-0.4, -0.2) is 28.4 Å². The SMILES string of the molecule is CCc1nc2ccccc2n1[C@H](CC)C(=O)NCc1ccc(C(=O)NC)o1. The summed E-state index contributed by atoms with van der Waals surface area (Å²) in [6.45, 7) is 4.24. The minimum absolute atomic E-state index is 0.103. The highest BCUT2D eigenvalue weighted by Crippen LogP contribution is 2.24. The summed E-state index contributed by atoms with van der Waals surface area (Å²) in [5, 5.41) is 5.42. The number of para-hydroxylation sites is 2. The first-order valence-corrected chi connectivity index (χ1v) is 9.13. The van der Waals surface area contributed by atoms with Crippen LogP contribution in [0.2, 0.25) is 0 Å². The number of benzene rings is 1. The van der Waals surface area contributed by atoms with Crippen molar-refractivity contribution < 1.29 is 14.0 Å². The molecule has 3 rings (SSSR count). The van der Waals surface area contributed by atoms with Gasteiger partial charge in [-0.1, -0.05) is 26.0 Å². The van der Waals surface area contributed by atoms with Crippen LogP contribution in [0.15, 0.2) is 40.8 Å². The number of nitrogens with one attached hydrogen (secondary N) is 2. The van der Waals surface area contributed by atoms with Crippen LogP contribution in [0.5, 0.6) is 0 Å². The van der Waals surface area contributed by atoms with Crippen LogP contribution in [0.1, 0.15) is 48.4 Å². The van der Waals surface area contributed by atoms with Crippen LogP contribution in [0.3, 0.4) is 0 Å². The molecule has 0 saturated heterocycles. The zero-order valence-corrected chi connectivity index (χ0v) is 15.8. The maximum Gasteiger partial charge on any atom is 0.286 e. The van der Waals surface area contributed by atoms with Crippen molar-refractivity contribution in [1.29, 1.82) is 0 Å². The number of aromatic nitrogens is 2. The third-order valence-electron chi connectivity index (χ3n) is 4.54. The van der Waals surface area contributed by atoms with Gasteiger partial charge in [0.2, 0.25) is 5.91 Å². The molecule has 142 valence electrons. The Kier molecular flexibility index (Phi) is 5.59. The van der Waals surface area contributed by atoms with Crippen molar-refractivity contribution in [1.82, 2.24) is 20.2 Å². The molecule has 1 atom stereocenters. The van der Waals surface area contributed by atoms with Crippen LogP contribution >= 0.6 is 0 Å². The van der Waals surface area contributed by atoms with Gasteiger partial charge in [-0.25, -0.2) is 4.98 Å². The fraction of sp³-hybridized carbons (Fsp3) is 0.350. The maximum atomic E-state index is 12.9. The Hall–Kier alpha value is -3.09. The average molecular weight is 368 g/mol. The third-order valence-corrected chi connectivity index (χ3v) is 4.54. The van der Waals surface area contributed by atoms with Gasteiger partial charge in [0, 0.05) is 13.5 Å². The normalized spacial score (nSPS) is 12.1. The first kappa shape index (κ1) is 18.7. The highest BCUT2D eigenvalue weighted by Gasteiger charge is 2.23. The van der Waals surface area contributed by atoms with Crippen molar-refractivity contribution in [3.63, 3.8) is 0 Å². The molecule has 27 heavy (non-hydrogen) atoms. The van der Waals surface area contributed by atoms with E-state index in [1.165, 1.54) is 0 Å². The molecule has 2 aromatic heterocycles. The van der Waals surface area contributed by atoms with Gasteiger partial charge in [0.25, 0.3) is 5.91 Å². The quantitative estimate of drug-likeness (QED) is 0.671. The molecule has 1 aromatic carbocycles. The lowest BCUT2D eigenvalue weighted by molar-refractivity contribution is -0.124. The summed E-state index contributed by atoms with van der Waals surface area (Å²) >= 11 is 0. The van der Waals surface area contributed by atoms with Gasteiger partial charge in [-0.3, -0.25) is 9.59 Å². The Morgan fingerprint density at radius 1 is 1.19 bits per heavy atom. The summed E-state index contributed by atoms with van der Waals surface area (Å²) in [6, 6.07) is 10.8. The number of fused-ring (bicyclic) bond motifs is 1. The Labute approximate surface area is 157 Å². The fourth-order valence-corrected chi connectivity index (χ4v) is 3.19. The van der Waals surface area contributed by atoms with Gasteiger partial charge in [-0.15, -0.1) is 0 Å². The van der Waals surface area contributed by atoms with E-state index in [1.807, 2.05) is 42.7 Å². The van der Waals surface area contributed by atoms with Crippen molar-refractivity contribution in [2.75, 3.05) is 7.05 Å². The summed E-state index contributed by atoms with van der Waals surface area (Å²) in [5.41, 5.74) is 1.85. The molecular formula is C20H24N4O3. The molecule has 0 unspecified atom stereocenters. The van der Waals surface area contributed by atoms with Crippen molar-refractivity contribution in [2.24, 2.45) is 0 Å². The van der Waals surface area contributed by atoms with Crippen LogP contribution in [0.4, 0.5) is 0 Å². The second-order valence-corrected chi connectivity index (χ2v) is 6.23. The van der Waals surface area contributed by atoms with E-state index < -0.39 is 0 Å². The number of rotatable bonds is 7. The van der Waals surface area contributed by atoms with E-state index in [2.05, 4.69) is 15.6 Å². The number of amides is 2. The summed E-state index contributed by atoms with van der Waals surface area (Å²) in [7, 11) is 1.54. The molecule has 0 spiro atoms. The molecule has 2 heterocycles. The number of aryl methyl sites for hydroxylation is 1. The average Bonchev–Trinajstić information content (AvgIpc) is 3.31. The predicted octanol–water partition coefficient (Wildman–Crippen LogP) is 2.82. The number of hydrogen-bond donors (Lipinski definition) is 2. The molecule has 0 aliphatic heterocycles. The summed E-state index contributed by atoms with van der Waals surface area (Å²) in [4.78, 5) is 29.1. The Morgan fingerprint density at radius 3 is 2.67 bits per heavy atom. The second-order valence-electron chi connectivity index (χ2n) is 6.23. The molecule has 7 heteroatoms. The third kappa shape index (κ3) is 3.72. The van der Waals surface area contributed by atoms with E-state index in [0.717, 1.165) is 23.3 Å². The molecule has 0 fully saturated rings. The number of carbonyl (C=O) groups is 2. The van der Waals surface area contributed by atoms with Gasteiger partial charge in [-0.05, 0) is 30.7 Å². The minimum atomic E-state index is -0.360. The molecule has 2 amide bonds. The van der Waals surface area contributed by atoms with Crippen LogP contribution < -0.4 is 10.6 Å². The van der Waals surface area contributed by atoms with Gasteiger partial charge in [0.15, 0.2) is 5.76 Å². The molecule has 7 nitrogen and oxygen atoms in total. The van der Waals surface area contributed by atoms with E-state index in [9.17, 15) is 9.59 Å². The van der Waals surface area contributed by atoms with Crippen molar-refractivity contribution in [3.8, 4) is 0 Å². The molecule has 0 saturated carbocycles. The molecular weight excluding hydrogens is 344 g/mol. The van der Waals surface area contributed by atoms with Gasteiger partial charge in [-0.2, -0.15) is 0 Å². The smallest absolute Gasteiger partial charge is 0.286 e. The predicted molar refractivity (Wildman–Crippen MR) is 102 cm³/mol. The van der Waals surface area contributed by atoms with Crippen molar-refractivity contribution in [3.05, 3.63) is 53.7 Å². The molecule has 0 radical (unpaired) electrons. The number of nitrogens with zero attached hydrogens (tertiary/aromatic N) is 2. The first-order valence-electron chi connectivity index (χ1n) is 9.13. The molecule has 2 N–H and O–H groups in total. The van der Waals surface area contributed by atoms with Gasteiger partial charge < -0.3 is 19.6 Å². The number of carbonyl (C=O) groups excluding carboxylic acids is 2. The van der Waals surface area contributed by atoms with E-state index in [4.69, 9.17) is 4.42 Å². The molecule has 0 aliphatic carbocycles. The lowest BCUT2D eigenvalue weighted by Crippen LogP contribution is -2.32.